The number of amides is 2. The molecule has 0 saturated carbocycles. The fourth-order valence-electron chi connectivity index (χ4n) is 3.23. The molecule has 0 spiro atoms. The molecule has 0 aliphatic carbocycles. The van der Waals surface area contributed by atoms with E-state index in [0.29, 0.717) is 17.6 Å². The maximum absolute atomic E-state index is 12.1. The second-order valence-electron chi connectivity index (χ2n) is 5.44. The summed E-state index contributed by atoms with van der Waals surface area (Å²) in [7, 11) is 0. The summed E-state index contributed by atoms with van der Waals surface area (Å²) in [5.74, 6) is -2.87. The highest BCUT2D eigenvalue weighted by Gasteiger charge is 2.57. The maximum Gasteiger partial charge on any atom is 0.352 e. The average Bonchev–Trinajstić information content (AvgIpc) is 2.99. The molecule has 8 heteroatoms. The maximum atomic E-state index is 12.1. The van der Waals surface area contributed by atoms with Crippen molar-refractivity contribution in [2.24, 2.45) is 11.7 Å². The van der Waals surface area contributed by atoms with Crippen LogP contribution in [-0.4, -0.2) is 45.0 Å². The van der Waals surface area contributed by atoms with Crippen molar-refractivity contribution in [3.8, 4) is 0 Å². The van der Waals surface area contributed by atoms with E-state index < -0.39 is 29.8 Å². The zero-order valence-electron chi connectivity index (χ0n) is 11.6. The summed E-state index contributed by atoms with van der Waals surface area (Å²) in [6.07, 6.45) is -0.554. The Kier molecular flexibility index (Phi) is 3.30. The van der Waals surface area contributed by atoms with Gasteiger partial charge in [0.2, 0.25) is 11.8 Å². The Morgan fingerprint density at radius 2 is 2.14 bits per heavy atom. The van der Waals surface area contributed by atoms with E-state index in [4.69, 9.17) is 5.73 Å². The number of aliphatic hydroxyl groups excluding tert-OH is 1. The Bertz CT molecular complexity index is 721. The number of β-lactam (4-membered cyclic amide) rings is 1. The Morgan fingerprint density at radius 1 is 1.45 bits per heavy atom. The Hall–Kier alpha value is -2.19. The van der Waals surface area contributed by atoms with Crippen LogP contribution in [0.15, 0.2) is 16.5 Å². The third kappa shape index (κ3) is 1.87. The second kappa shape index (κ2) is 4.92. The lowest BCUT2D eigenvalue weighted by Crippen LogP contribution is -2.61. The molecule has 3 rings (SSSR count). The van der Waals surface area contributed by atoms with Gasteiger partial charge in [-0.1, -0.05) is 0 Å². The van der Waals surface area contributed by atoms with Crippen molar-refractivity contribution < 1.29 is 24.6 Å². The molecular formula is C14H14N2O5S. The van der Waals surface area contributed by atoms with Gasteiger partial charge in [-0.15, -0.1) is 0 Å². The van der Waals surface area contributed by atoms with Crippen LogP contribution in [-0.2, 0) is 9.59 Å². The number of hydrogen-bond donors (Lipinski definition) is 3. The number of carboxylic acids is 1. The standard InChI is InChI=1S/C14H14N2O5S/c1-5(17)10-9-2-6(7-3-22-4-8(7)12(15)18)11(14(20)21)16(9)13(10)19/h3-5,9-10,17H,2H2,1H3,(H2,15,18)(H,20,21)/t5-,9-,10-/m1/s1. The number of rotatable bonds is 4. The number of aliphatic hydroxyl groups is 1. The number of carbonyl (C=O) groups excluding carboxylic acids is 2. The summed E-state index contributed by atoms with van der Waals surface area (Å²) in [4.78, 5) is 36.4. The number of carbonyl (C=O) groups is 3. The van der Waals surface area contributed by atoms with Crippen LogP contribution >= 0.6 is 11.3 Å². The number of nitrogens with two attached hydrogens (primary N) is 1. The summed E-state index contributed by atoms with van der Waals surface area (Å²) in [6.45, 7) is 1.51. The highest BCUT2D eigenvalue weighted by molar-refractivity contribution is 7.08. The molecule has 0 unspecified atom stereocenters. The molecule has 1 aromatic heterocycles. The number of primary amides is 1. The molecule has 3 atom stereocenters. The van der Waals surface area contributed by atoms with Gasteiger partial charge in [-0.25, -0.2) is 4.79 Å². The van der Waals surface area contributed by atoms with E-state index in [9.17, 15) is 24.6 Å². The number of aliphatic carboxylic acids is 1. The van der Waals surface area contributed by atoms with Crippen LogP contribution < -0.4 is 5.73 Å². The number of hydrogen-bond acceptors (Lipinski definition) is 5. The van der Waals surface area contributed by atoms with Crippen molar-refractivity contribution in [2.45, 2.75) is 25.5 Å². The smallest absolute Gasteiger partial charge is 0.352 e. The topological polar surface area (TPSA) is 121 Å². The van der Waals surface area contributed by atoms with Crippen LogP contribution in [0.25, 0.3) is 5.57 Å². The molecule has 0 bridgehead atoms. The van der Waals surface area contributed by atoms with Gasteiger partial charge >= 0.3 is 5.97 Å². The molecule has 2 amide bonds. The molecule has 4 N–H and O–H groups in total. The third-order valence-corrected chi connectivity index (χ3v) is 4.93. The van der Waals surface area contributed by atoms with E-state index in [1.807, 2.05) is 0 Å². The Labute approximate surface area is 129 Å². The zero-order chi connectivity index (χ0) is 16.2. The average molecular weight is 322 g/mol. The van der Waals surface area contributed by atoms with Gasteiger partial charge in [-0.05, 0) is 24.3 Å². The van der Waals surface area contributed by atoms with Crippen molar-refractivity contribution in [1.29, 1.82) is 0 Å². The molecule has 22 heavy (non-hydrogen) atoms. The lowest BCUT2D eigenvalue weighted by atomic mass is 9.82. The normalized spacial score (nSPS) is 25.0. The molecule has 7 nitrogen and oxygen atoms in total. The fraction of sp³-hybridized carbons (Fsp3) is 0.357. The van der Waals surface area contributed by atoms with Crippen molar-refractivity contribution >= 4 is 34.7 Å². The minimum absolute atomic E-state index is 0.118. The van der Waals surface area contributed by atoms with Gasteiger partial charge in [-0.3, -0.25) is 9.59 Å². The molecular weight excluding hydrogens is 308 g/mol. The van der Waals surface area contributed by atoms with Crippen molar-refractivity contribution in [1.82, 2.24) is 4.90 Å². The van der Waals surface area contributed by atoms with Gasteiger partial charge in [0, 0.05) is 10.9 Å². The molecule has 116 valence electrons. The summed E-state index contributed by atoms with van der Waals surface area (Å²) in [6, 6.07) is -0.380. The highest BCUT2D eigenvalue weighted by atomic mass is 32.1. The summed E-state index contributed by atoms with van der Waals surface area (Å²) >= 11 is 1.25. The van der Waals surface area contributed by atoms with Gasteiger partial charge < -0.3 is 20.8 Å². The van der Waals surface area contributed by atoms with Crippen molar-refractivity contribution in [3.63, 3.8) is 0 Å². The number of thiophene rings is 1. The van der Waals surface area contributed by atoms with Gasteiger partial charge in [-0.2, -0.15) is 11.3 Å². The lowest BCUT2D eigenvalue weighted by Gasteiger charge is -2.44. The highest BCUT2D eigenvalue weighted by Crippen LogP contribution is 2.47. The Morgan fingerprint density at radius 3 is 2.68 bits per heavy atom. The van der Waals surface area contributed by atoms with Crippen molar-refractivity contribution in [3.05, 3.63) is 27.6 Å². The summed E-state index contributed by atoms with van der Waals surface area (Å²) in [5.41, 5.74) is 6.33. The lowest BCUT2D eigenvalue weighted by molar-refractivity contribution is -0.161. The van der Waals surface area contributed by atoms with E-state index in [-0.39, 0.29) is 17.3 Å². The first kappa shape index (κ1) is 14.7. The molecule has 2 aliphatic heterocycles. The van der Waals surface area contributed by atoms with E-state index in [2.05, 4.69) is 0 Å². The minimum atomic E-state index is -1.23. The predicted octanol–water partition coefficient (Wildman–Crippen LogP) is 0.254. The van der Waals surface area contributed by atoms with Gasteiger partial charge in [0.25, 0.3) is 0 Å². The first-order chi connectivity index (χ1) is 10.3. The van der Waals surface area contributed by atoms with Gasteiger partial charge in [0.1, 0.15) is 5.70 Å². The monoisotopic (exact) mass is 322 g/mol. The zero-order valence-corrected chi connectivity index (χ0v) is 12.5. The molecule has 2 aliphatic rings. The molecule has 0 radical (unpaired) electrons. The fourth-order valence-corrected chi connectivity index (χ4v) is 4.08. The van der Waals surface area contributed by atoms with Crippen LogP contribution in [0, 0.1) is 5.92 Å². The largest absolute Gasteiger partial charge is 0.477 e. The summed E-state index contributed by atoms with van der Waals surface area (Å²) in [5, 5.41) is 22.4. The van der Waals surface area contributed by atoms with Crippen LogP contribution in [0.4, 0.5) is 0 Å². The number of fused-ring (bicyclic) bond motifs is 1. The van der Waals surface area contributed by atoms with Crippen LogP contribution in [0.2, 0.25) is 0 Å². The van der Waals surface area contributed by atoms with Gasteiger partial charge in [0.05, 0.1) is 23.6 Å². The molecule has 1 saturated heterocycles. The van der Waals surface area contributed by atoms with Crippen LogP contribution in [0.1, 0.15) is 29.3 Å². The van der Waals surface area contributed by atoms with Crippen LogP contribution in [0.3, 0.4) is 0 Å². The first-order valence-electron chi connectivity index (χ1n) is 6.68. The molecule has 3 heterocycles. The van der Waals surface area contributed by atoms with E-state index in [1.54, 1.807) is 10.8 Å². The van der Waals surface area contributed by atoms with Gasteiger partial charge in [0.15, 0.2) is 0 Å². The SMILES string of the molecule is C[C@@H](O)[C@H]1C(=O)N2C(C(=O)O)=C(c3cscc3C(N)=O)C[C@H]12. The summed E-state index contributed by atoms with van der Waals surface area (Å²) < 4.78 is 0. The molecule has 0 aromatic carbocycles. The van der Waals surface area contributed by atoms with E-state index >= 15 is 0 Å². The minimum Gasteiger partial charge on any atom is -0.477 e. The third-order valence-electron chi connectivity index (χ3n) is 4.18. The predicted molar refractivity (Wildman–Crippen MR) is 77.8 cm³/mol. The Balaban J connectivity index is 2.08. The quantitative estimate of drug-likeness (QED) is 0.686. The molecule has 1 fully saturated rings. The van der Waals surface area contributed by atoms with E-state index in [0.717, 1.165) is 0 Å². The second-order valence-corrected chi connectivity index (χ2v) is 6.19. The first-order valence-corrected chi connectivity index (χ1v) is 7.62. The van der Waals surface area contributed by atoms with E-state index in [1.165, 1.54) is 23.2 Å². The van der Waals surface area contributed by atoms with Crippen LogP contribution in [0.5, 0.6) is 0 Å². The number of nitrogens with zero attached hydrogens (tertiary/aromatic N) is 1. The van der Waals surface area contributed by atoms with Crippen molar-refractivity contribution in [2.75, 3.05) is 0 Å². The molecule has 1 aromatic rings. The number of carboxylic acid groups (broad SMARTS) is 1.